The Morgan fingerprint density at radius 1 is 0.406 bits per heavy atom. The smallest absolute Gasteiger partial charge is 0.258 e. The summed E-state index contributed by atoms with van der Waals surface area (Å²) in [5.41, 5.74) is 1.87. The van der Waals surface area contributed by atoms with E-state index in [1.807, 2.05) is 38.1 Å². The second-order valence-electron chi connectivity index (χ2n) is 7.71. The van der Waals surface area contributed by atoms with Gasteiger partial charge >= 0.3 is 0 Å². The first-order valence-electron chi connectivity index (χ1n) is 10.5. The summed E-state index contributed by atoms with van der Waals surface area (Å²) in [5, 5.41) is 11.3. The Morgan fingerprint density at radius 3 is 0.906 bits per heavy atom. The van der Waals surface area contributed by atoms with Crippen LogP contribution in [0.1, 0.15) is 55.3 Å². The van der Waals surface area contributed by atoms with Gasteiger partial charge in [-0.1, -0.05) is 38.1 Å². The van der Waals surface area contributed by atoms with Crippen molar-refractivity contribution in [3.05, 3.63) is 70.8 Å². The van der Waals surface area contributed by atoms with Crippen LogP contribution in [0.2, 0.25) is 0 Å². The Hall–Kier alpha value is -4.32. The van der Waals surface area contributed by atoms with E-state index in [4.69, 9.17) is 0 Å². The Morgan fingerprint density at radius 2 is 0.656 bits per heavy atom. The number of nitrogens with one attached hydrogen (secondary N) is 2. The van der Waals surface area contributed by atoms with Gasteiger partial charge in [0, 0.05) is 33.0 Å². The summed E-state index contributed by atoms with van der Waals surface area (Å²) in [7, 11) is 0. The van der Waals surface area contributed by atoms with Crippen molar-refractivity contribution in [3.8, 4) is 0 Å². The van der Waals surface area contributed by atoms with Crippen molar-refractivity contribution in [1.82, 2.24) is 10.6 Å². The number of amides is 4. The minimum atomic E-state index is -0.408. The van der Waals surface area contributed by atoms with Crippen LogP contribution in [0.15, 0.2) is 48.5 Å². The van der Waals surface area contributed by atoms with Crippen LogP contribution in [0.5, 0.6) is 0 Å². The molecule has 0 saturated heterocycles. The predicted octanol–water partition coefficient (Wildman–Crippen LogP) is 4.53. The predicted molar refractivity (Wildman–Crippen MR) is 123 cm³/mol. The summed E-state index contributed by atoms with van der Waals surface area (Å²) in [4.78, 5) is 49.8. The normalized spacial score (nSPS) is 14.7. The molecule has 0 aliphatic carbocycles. The molecule has 0 fully saturated rings. The third-order valence-corrected chi connectivity index (χ3v) is 6.33. The van der Waals surface area contributed by atoms with E-state index in [9.17, 15) is 19.2 Å². The third kappa shape index (κ3) is 2.03. The van der Waals surface area contributed by atoms with Gasteiger partial charge in [-0.05, 0) is 56.6 Å². The molecule has 0 aromatic heterocycles. The molecule has 5 aromatic carbocycles. The highest BCUT2D eigenvalue weighted by molar-refractivity contribution is 6.41. The summed E-state index contributed by atoms with van der Waals surface area (Å²) in [6.45, 7) is 4.00. The Balaban J connectivity index is 0.000000953. The van der Waals surface area contributed by atoms with E-state index in [-0.39, 0.29) is 0 Å². The van der Waals surface area contributed by atoms with Crippen LogP contribution in [-0.2, 0) is 0 Å². The first-order chi connectivity index (χ1) is 15.5. The molecule has 6 nitrogen and oxygen atoms in total. The average Bonchev–Trinajstić information content (AvgIpc) is 2.81. The van der Waals surface area contributed by atoms with Gasteiger partial charge in [-0.25, -0.2) is 0 Å². The van der Waals surface area contributed by atoms with Crippen LogP contribution in [0, 0.1) is 0 Å². The first-order valence-corrected chi connectivity index (χ1v) is 10.5. The molecule has 2 N–H and O–H groups in total. The van der Waals surface area contributed by atoms with E-state index in [2.05, 4.69) is 10.6 Å². The maximum absolute atomic E-state index is 12.4. The zero-order valence-electron chi connectivity index (χ0n) is 17.3. The number of carbonyl (C=O) groups is 4. The van der Waals surface area contributed by atoms with Crippen LogP contribution in [-0.4, -0.2) is 23.6 Å². The van der Waals surface area contributed by atoms with E-state index in [0.717, 1.165) is 32.3 Å². The van der Waals surface area contributed by atoms with Crippen LogP contribution < -0.4 is 10.6 Å². The lowest BCUT2D eigenvalue weighted by Crippen LogP contribution is -2.35. The number of rotatable bonds is 0. The summed E-state index contributed by atoms with van der Waals surface area (Å²) in [5.74, 6) is -1.63. The zero-order valence-corrected chi connectivity index (χ0v) is 17.3. The highest BCUT2D eigenvalue weighted by Gasteiger charge is 2.30. The monoisotopic (exact) mass is 420 g/mol. The van der Waals surface area contributed by atoms with Crippen LogP contribution in [0.3, 0.4) is 0 Å². The Bertz CT molecular complexity index is 1470. The zero-order chi connectivity index (χ0) is 22.3. The lowest BCUT2D eigenvalue weighted by molar-refractivity contribution is 0.0828. The number of fused-ring (bicyclic) bond motifs is 2. The molecule has 0 bridgehead atoms. The van der Waals surface area contributed by atoms with Crippen molar-refractivity contribution in [2.24, 2.45) is 0 Å². The van der Waals surface area contributed by atoms with E-state index in [1.165, 1.54) is 0 Å². The SMILES string of the molecule is CC.O=C1NC(=O)c2ccc3c4ccc5c6c(ccc(c7ccc1c2c73)c64)C(=O)NC5=O. The van der Waals surface area contributed by atoms with Gasteiger partial charge in [0.1, 0.15) is 0 Å². The number of benzene rings is 5. The summed E-state index contributed by atoms with van der Waals surface area (Å²) in [6, 6.07) is 14.4. The quantitative estimate of drug-likeness (QED) is 0.219. The van der Waals surface area contributed by atoms with Crippen molar-refractivity contribution in [2.75, 3.05) is 0 Å². The molecule has 0 saturated carbocycles. The van der Waals surface area contributed by atoms with Gasteiger partial charge in [-0.3, -0.25) is 29.8 Å². The molecule has 2 aliphatic rings. The van der Waals surface area contributed by atoms with Crippen LogP contribution in [0.4, 0.5) is 0 Å². The Labute approximate surface area is 181 Å². The fourth-order valence-electron chi connectivity index (χ4n) is 5.12. The molecular formula is C26H16N2O4. The highest BCUT2D eigenvalue weighted by Crippen LogP contribution is 2.44. The van der Waals surface area contributed by atoms with Gasteiger partial charge in [0.05, 0.1) is 0 Å². The number of hydrogen-bond acceptors (Lipinski definition) is 4. The molecule has 0 spiro atoms. The van der Waals surface area contributed by atoms with E-state index in [0.29, 0.717) is 33.0 Å². The minimum absolute atomic E-state index is 0.408. The number of hydrogen-bond donors (Lipinski definition) is 2. The van der Waals surface area contributed by atoms with E-state index in [1.54, 1.807) is 24.3 Å². The lowest BCUT2D eigenvalue weighted by atomic mass is 9.83. The molecule has 0 atom stereocenters. The van der Waals surface area contributed by atoms with Gasteiger partial charge < -0.3 is 0 Å². The largest absolute Gasteiger partial charge is 0.288 e. The molecule has 0 radical (unpaired) electrons. The maximum atomic E-state index is 12.4. The van der Waals surface area contributed by atoms with Gasteiger partial charge in [0.2, 0.25) is 0 Å². The summed E-state index contributed by atoms with van der Waals surface area (Å²) < 4.78 is 0. The number of carbonyl (C=O) groups excluding carboxylic acids is 4. The molecule has 2 heterocycles. The van der Waals surface area contributed by atoms with Gasteiger partial charge in [-0.15, -0.1) is 0 Å². The second kappa shape index (κ2) is 6.11. The van der Waals surface area contributed by atoms with Crippen molar-refractivity contribution in [3.63, 3.8) is 0 Å². The second-order valence-corrected chi connectivity index (χ2v) is 7.71. The van der Waals surface area contributed by atoms with Crippen molar-refractivity contribution in [2.45, 2.75) is 13.8 Å². The van der Waals surface area contributed by atoms with E-state index < -0.39 is 23.6 Å². The molecule has 2 aliphatic heterocycles. The highest BCUT2D eigenvalue weighted by atomic mass is 16.2. The van der Waals surface area contributed by atoms with Crippen LogP contribution >= 0.6 is 0 Å². The molecule has 4 amide bonds. The molecular weight excluding hydrogens is 404 g/mol. The maximum Gasteiger partial charge on any atom is 0.258 e. The molecule has 6 heteroatoms. The summed E-state index contributed by atoms with van der Waals surface area (Å²) >= 11 is 0. The average molecular weight is 420 g/mol. The molecule has 32 heavy (non-hydrogen) atoms. The minimum Gasteiger partial charge on any atom is -0.288 e. The molecule has 154 valence electrons. The summed E-state index contributed by atoms with van der Waals surface area (Å²) in [6.07, 6.45) is 0. The lowest BCUT2D eigenvalue weighted by Gasteiger charge is -2.23. The van der Waals surface area contributed by atoms with Crippen molar-refractivity contribution in [1.29, 1.82) is 0 Å². The molecule has 0 unspecified atom stereocenters. The van der Waals surface area contributed by atoms with Crippen molar-refractivity contribution < 1.29 is 19.2 Å². The van der Waals surface area contributed by atoms with Gasteiger partial charge in [0.15, 0.2) is 0 Å². The molecule has 7 rings (SSSR count). The topological polar surface area (TPSA) is 92.3 Å². The fourth-order valence-corrected chi connectivity index (χ4v) is 5.12. The van der Waals surface area contributed by atoms with E-state index >= 15 is 0 Å². The number of imide groups is 2. The van der Waals surface area contributed by atoms with Crippen molar-refractivity contribution >= 4 is 66.7 Å². The van der Waals surface area contributed by atoms with Crippen LogP contribution in [0.25, 0.3) is 43.1 Å². The molecule has 5 aromatic rings. The fraction of sp³-hybridized carbons (Fsp3) is 0.0769. The standard InChI is InChI=1S/C24H10N2O4.C2H6/c27-21-13-5-1-9-10-2-6-15-20-16(24(30)26-23(15)29)8-4-12(18(10)20)11-3-7-14(22(28)25-21)19(13)17(9)11;1-2/h1-8H,(H,25,27,28)(H,26,29,30);1-2H3. The third-order valence-electron chi connectivity index (χ3n) is 6.33. The van der Waals surface area contributed by atoms with Gasteiger partial charge in [-0.2, -0.15) is 0 Å². The van der Waals surface area contributed by atoms with Gasteiger partial charge in [0.25, 0.3) is 23.6 Å². The first kappa shape index (κ1) is 18.4. The Kier molecular flexibility index (Phi) is 3.52.